The number of nitrogens with zero attached hydrogens (tertiary/aromatic N) is 4. The summed E-state index contributed by atoms with van der Waals surface area (Å²) in [5.74, 6) is 0.719. The Morgan fingerprint density at radius 1 is 1.24 bits per heavy atom. The average molecular weight is 462 g/mol. The second-order valence-corrected chi connectivity index (χ2v) is 9.65. The molecule has 5 rings (SSSR count). The first-order valence-corrected chi connectivity index (χ1v) is 11.8. The number of benzene rings is 2. The molecule has 170 valence electrons. The fourth-order valence-electron chi connectivity index (χ4n) is 4.37. The Morgan fingerprint density at radius 2 is 2.06 bits per heavy atom. The number of hydrogen-bond donors (Lipinski definition) is 1. The standard InChI is InChI=1S/C25H27N5O2S/c1-15-7-5-10-19-20(15)27-28-21(19)24-26-22(25(31)30-12-11-17(14-30)29(2)3)23(33-24)16-8-6-9-18(13-16)32-4/h5-10,13,17H,11-12,14H2,1-4H3,(H,27,28)/t17-/m0/s1. The van der Waals surface area contributed by atoms with Gasteiger partial charge >= 0.3 is 0 Å². The van der Waals surface area contributed by atoms with Crippen LogP contribution in [0.25, 0.3) is 32.0 Å². The summed E-state index contributed by atoms with van der Waals surface area (Å²) in [6.07, 6.45) is 0.967. The number of ether oxygens (including phenoxy) is 1. The van der Waals surface area contributed by atoms with Crippen molar-refractivity contribution in [3.63, 3.8) is 0 Å². The van der Waals surface area contributed by atoms with Gasteiger partial charge in [-0.25, -0.2) is 4.98 Å². The van der Waals surface area contributed by atoms with Crippen LogP contribution < -0.4 is 4.74 Å². The Bertz CT molecular complexity index is 1330. The first-order chi connectivity index (χ1) is 16.0. The van der Waals surface area contributed by atoms with Gasteiger partial charge in [0.1, 0.15) is 22.1 Å². The highest BCUT2D eigenvalue weighted by Crippen LogP contribution is 2.39. The van der Waals surface area contributed by atoms with Gasteiger partial charge in [-0.2, -0.15) is 5.10 Å². The highest BCUT2D eigenvalue weighted by molar-refractivity contribution is 7.18. The predicted molar refractivity (Wildman–Crippen MR) is 132 cm³/mol. The maximum Gasteiger partial charge on any atom is 0.274 e. The minimum absolute atomic E-state index is 0.0281. The Labute approximate surface area is 197 Å². The van der Waals surface area contributed by atoms with E-state index in [2.05, 4.69) is 29.2 Å². The first-order valence-electron chi connectivity index (χ1n) is 11.0. The maximum absolute atomic E-state index is 13.7. The van der Waals surface area contributed by atoms with E-state index in [0.29, 0.717) is 18.3 Å². The summed E-state index contributed by atoms with van der Waals surface area (Å²) in [5.41, 5.74) is 4.27. The molecule has 1 saturated heterocycles. The van der Waals surface area contributed by atoms with Crippen LogP contribution in [0.3, 0.4) is 0 Å². The van der Waals surface area contributed by atoms with Crippen LogP contribution in [-0.2, 0) is 0 Å². The van der Waals surface area contributed by atoms with Gasteiger partial charge in [0.25, 0.3) is 5.91 Å². The molecule has 1 atom stereocenters. The zero-order valence-corrected chi connectivity index (χ0v) is 20.1. The molecule has 33 heavy (non-hydrogen) atoms. The van der Waals surface area contributed by atoms with Gasteiger partial charge in [0, 0.05) is 24.5 Å². The van der Waals surface area contributed by atoms with Crippen LogP contribution in [0.5, 0.6) is 5.75 Å². The SMILES string of the molecule is COc1cccc(-c2sc(-c3[nH]nc4c(C)cccc34)nc2C(=O)N2CC[C@H](N(C)C)C2)c1. The average Bonchev–Trinajstić information content (AvgIpc) is 3.56. The van der Waals surface area contributed by atoms with Gasteiger partial charge in [-0.1, -0.05) is 30.3 Å². The van der Waals surface area contributed by atoms with E-state index in [1.54, 1.807) is 7.11 Å². The first kappa shape index (κ1) is 21.6. The van der Waals surface area contributed by atoms with E-state index in [-0.39, 0.29) is 5.91 Å². The number of H-pyrrole nitrogens is 1. The van der Waals surface area contributed by atoms with Gasteiger partial charge in [-0.05, 0) is 50.7 Å². The van der Waals surface area contributed by atoms with Crippen molar-refractivity contribution in [1.29, 1.82) is 0 Å². The quantitative estimate of drug-likeness (QED) is 0.475. The van der Waals surface area contributed by atoms with E-state index in [9.17, 15) is 4.79 Å². The number of amides is 1. The predicted octanol–water partition coefficient (Wildman–Crippen LogP) is 4.45. The molecule has 0 bridgehead atoms. The van der Waals surface area contributed by atoms with Crippen molar-refractivity contribution < 1.29 is 9.53 Å². The molecule has 1 N–H and O–H groups in total. The highest BCUT2D eigenvalue weighted by atomic mass is 32.1. The number of nitrogens with one attached hydrogen (secondary N) is 1. The largest absolute Gasteiger partial charge is 0.497 e. The summed E-state index contributed by atoms with van der Waals surface area (Å²) in [5, 5.41) is 9.43. The number of carbonyl (C=O) groups is 1. The lowest BCUT2D eigenvalue weighted by Crippen LogP contribution is -2.34. The Morgan fingerprint density at radius 3 is 2.82 bits per heavy atom. The van der Waals surface area contributed by atoms with Crippen molar-refractivity contribution in [2.24, 2.45) is 0 Å². The van der Waals surface area contributed by atoms with E-state index in [4.69, 9.17) is 9.72 Å². The third-order valence-electron chi connectivity index (χ3n) is 6.34. The molecule has 1 fully saturated rings. The summed E-state index contributed by atoms with van der Waals surface area (Å²) >= 11 is 1.51. The summed E-state index contributed by atoms with van der Waals surface area (Å²) in [7, 11) is 5.77. The van der Waals surface area contributed by atoms with Crippen molar-refractivity contribution in [2.75, 3.05) is 34.3 Å². The maximum atomic E-state index is 13.7. The molecular formula is C25H27N5O2S. The van der Waals surface area contributed by atoms with Gasteiger partial charge < -0.3 is 14.5 Å². The number of hydrogen-bond acceptors (Lipinski definition) is 6. The molecule has 0 radical (unpaired) electrons. The van der Waals surface area contributed by atoms with Crippen LogP contribution in [0.15, 0.2) is 42.5 Å². The van der Waals surface area contributed by atoms with E-state index in [1.807, 2.05) is 54.3 Å². The number of aromatic nitrogens is 3. The molecule has 0 saturated carbocycles. The lowest BCUT2D eigenvalue weighted by Gasteiger charge is -2.20. The van der Waals surface area contributed by atoms with Crippen molar-refractivity contribution in [3.05, 3.63) is 53.7 Å². The van der Waals surface area contributed by atoms with Crippen LogP contribution in [0.2, 0.25) is 0 Å². The number of likely N-dealkylation sites (N-methyl/N-ethyl adjacent to an activating group) is 1. The summed E-state index contributed by atoms with van der Waals surface area (Å²) in [6.45, 7) is 3.49. The third-order valence-corrected chi connectivity index (χ3v) is 7.46. The molecular weight excluding hydrogens is 434 g/mol. The van der Waals surface area contributed by atoms with Gasteiger partial charge in [-0.15, -0.1) is 11.3 Å². The van der Waals surface area contributed by atoms with Crippen molar-refractivity contribution in [1.82, 2.24) is 25.0 Å². The molecule has 4 aromatic rings. The van der Waals surface area contributed by atoms with Gasteiger partial charge in [0.05, 0.1) is 17.5 Å². The minimum atomic E-state index is -0.0281. The van der Waals surface area contributed by atoms with E-state index >= 15 is 0 Å². The number of methoxy groups -OCH3 is 1. The van der Waals surface area contributed by atoms with Crippen LogP contribution in [-0.4, -0.2) is 71.2 Å². The number of thiazole rings is 1. The highest BCUT2D eigenvalue weighted by Gasteiger charge is 2.32. The molecule has 0 spiro atoms. The van der Waals surface area contributed by atoms with Crippen LogP contribution in [0.4, 0.5) is 0 Å². The molecule has 1 aliphatic rings. The molecule has 0 aliphatic carbocycles. The van der Waals surface area contributed by atoms with Gasteiger partial charge in [0.2, 0.25) is 0 Å². The molecule has 8 heteroatoms. The molecule has 0 unspecified atom stereocenters. The molecule has 1 aliphatic heterocycles. The van der Waals surface area contributed by atoms with Crippen molar-refractivity contribution >= 4 is 28.1 Å². The topological polar surface area (TPSA) is 74.3 Å². The minimum Gasteiger partial charge on any atom is -0.497 e. The monoisotopic (exact) mass is 461 g/mol. The second kappa shape index (κ2) is 8.61. The number of fused-ring (bicyclic) bond motifs is 1. The number of aryl methyl sites for hydroxylation is 1. The summed E-state index contributed by atoms with van der Waals surface area (Å²) in [6, 6.07) is 14.3. The normalized spacial score (nSPS) is 16.2. The van der Waals surface area contributed by atoms with Crippen LogP contribution >= 0.6 is 11.3 Å². The molecule has 7 nitrogen and oxygen atoms in total. The van der Waals surface area contributed by atoms with Gasteiger partial charge in [0.15, 0.2) is 0 Å². The molecule has 3 heterocycles. The van der Waals surface area contributed by atoms with E-state index < -0.39 is 0 Å². The smallest absolute Gasteiger partial charge is 0.274 e. The zero-order valence-electron chi connectivity index (χ0n) is 19.3. The number of carbonyl (C=O) groups excluding carboxylic acids is 1. The Balaban J connectivity index is 1.61. The second-order valence-electron chi connectivity index (χ2n) is 8.66. The summed E-state index contributed by atoms with van der Waals surface area (Å²) in [4.78, 5) is 23.5. The lowest BCUT2D eigenvalue weighted by molar-refractivity contribution is 0.0779. The number of likely N-dealkylation sites (tertiary alicyclic amines) is 1. The number of rotatable bonds is 5. The van der Waals surface area contributed by atoms with Crippen molar-refractivity contribution in [2.45, 2.75) is 19.4 Å². The lowest BCUT2D eigenvalue weighted by atomic mass is 10.1. The van der Waals surface area contributed by atoms with Crippen LogP contribution in [0, 0.1) is 6.92 Å². The fourth-order valence-corrected chi connectivity index (χ4v) is 5.44. The molecule has 2 aromatic heterocycles. The molecule has 1 amide bonds. The van der Waals surface area contributed by atoms with E-state index in [0.717, 1.165) is 56.3 Å². The Kier molecular flexibility index (Phi) is 5.64. The van der Waals surface area contributed by atoms with Gasteiger partial charge in [-0.3, -0.25) is 9.89 Å². The van der Waals surface area contributed by atoms with Crippen LogP contribution in [0.1, 0.15) is 22.5 Å². The fraction of sp³-hybridized carbons (Fsp3) is 0.320. The number of aromatic amines is 1. The van der Waals surface area contributed by atoms with Crippen molar-refractivity contribution in [3.8, 4) is 26.9 Å². The molecule has 2 aromatic carbocycles. The third kappa shape index (κ3) is 3.89. The zero-order chi connectivity index (χ0) is 23.1. The summed E-state index contributed by atoms with van der Waals surface area (Å²) < 4.78 is 5.43. The Hall–Kier alpha value is -3.23. The number of para-hydroxylation sites is 1. The van der Waals surface area contributed by atoms with E-state index in [1.165, 1.54) is 11.3 Å².